The first kappa shape index (κ1) is 20.1. The maximum Gasteiger partial charge on any atom is 0.266 e. The van der Waals surface area contributed by atoms with Crippen LogP contribution in [0.2, 0.25) is 5.02 Å². The molecule has 5 nitrogen and oxygen atoms in total. The topological polar surface area (TPSA) is 56.2 Å². The Hall–Kier alpha value is -3.16. The summed E-state index contributed by atoms with van der Waals surface area (Å²) in [6.45, 7) is 0.830. The molecule has 0 radical (unpaired) electrons. The Balaban J connectivity index is 1.33. The van der Waals surface area contributed by atoms with Crippen LogP contribution in [0.4, 0.5) is 10.2 Å². The van der Waals surface area contributed by atoms with E-state index in [1.165, 1.54) is 23.5 Å². The molecule has 4 aromatic rings. The lowest BCUT2D eigenvalue weighted by atomic mass is 10.2. The van der Waals surface area contributed by atoms with Crippen LogP contribution >= 0.6 is 22.9 Å². The molecular weight excluding hydrogens is 425 g/mol. The highest BCUT2D eigenvalue weighted by Crippen LogP contribution is 2.21. The van der Waals surface area contributed by atoms with Gasteiger partial charge < -0.3 is 10.1 Å². The van der Waals surface area contributed by atoms with E-state index in [-0.39, 0.29) is 11.7 Å². The van der Waals surface area contributed by atoms with Crippen molar-refractivity contribution in [1.29, 1.82) is 0 Å². The van der Waals surface area contributed by atoms with Crippen molar-refractivity contribution in [2.24, 2.45) is 0 Å². The summed E-state index contributed by atoms with van der Waals surface area (Å²) in [7, 11) is 0. The van der Waals surface area contributed by atoms with Gasteiger partial charge in [0.15, 0.2) is 5.82 Å². The summed E-state index contributed by atoms with van der Waals surface area (Å²) in [6.07, 6.45) is 1.76. The van der Waals surface area contributed by atoms with Crippen LogP contribution in [0.3, 0.4) is 0 Å². The highest BCUT2D eigenvalue weighted by molar-refractivity contribution is 7.12. The zero-order valence-corrected chi connectivity index (χ0v) is 17.3. The van der Waals surface area contributed by atoms with Gasteiger partial charge in [-0.3, -0.25) is 9.48 Å². The van der Waals surface area contributed by atoms with E-state index < -0.39 is 0 Å². The molecule has 0 saturated carbocycles. The first-order chi connectivity index (χ1) is 14.5. The number of carbonyl (C=O) groups is 1. The number of aromatic nitrogens is 2. The highest BCUT2D eigenvalue weighted by atomic mass is 35.5. The minimum atomic E-state index is -0.277. The lowest BCUT2D eigenvalue weighted by molar-refractivity contribution is 0.103. The number of thiophene rings is 1. The van der Waals surface area contributed by atoms with Gasteiger partial charge in [-0.1, -0.05) is 29.8 Å². The van der Waals surface area contributed by atoms with Crippen LogP contribution in [0.15, 0.2) is 72.2 Å². The summed E-state index contributed by atoms with van der Waals surface area (Å²) in [5.41, 5.74) is 1.81. The molecule has 0 aliphatic heterocycles. The second kappa shape index (κ2) is 9.11. The van der Waals surface area contributed by atoms with Gasteiger partial charge >= 0.3 is 0 Å². The van der Waals surface area contributed by atoms with Gasteiger partial charge in [0.1, 0.15) is 18.2 Å². The van der Waals surface area contributed by atoms with E-state index in [4.69, 9.17) is 16.3 Å². The monoisotopic (exact) mass is 441 g/mol. The van der Waals surface area contributed by atoms with Gasteiger partial charge in [0.2, 0.25) is 0 Å². The number of benzene rings is 2. The summed E-state index contributed by atoms with van der Waals surface area (Å²) in [5, 5.41) is 9.62. The molecule has 152 valence electrons. The molecule has 0 saturated heterocycles. The number of ether oxygens (including phenoxy) is 1. The molecule has 0 fully saturated rings. The fourth-order valence-corrected chi connectivity index (χ4v) is 3.74. The number of rotatable bonds is 7. The van der Waals surface area contributed by atoms with E-state index in [9.17, 15) is 9.18 Å². The molecule has 0 bridgehead atoms. The molecule has 0 atom stereocenters. The zero-order valence-electron chi connectivity index (χ0n) is 15.7. The number of nitrogens with one attached hydrogen (secondary N) is 1. The van der Waals surface area contributed by atoms with Crippen molar-refractivity contribution in [2.45, 2.75) is 13.2 Å². The molecule has 0 unspecified atom stereocenters. The molecule has 2 aromatic carbocycles. The highest BCUT2D eigenvalue weighted by Gasteiger charge is 2.12. The smallest absolute Gasteiger partial charge is 0.266 e. The number of hydrogen-bond acceptors (Lipinski definition) is 4. The summed E-state index contributed by atoms with van der Waals surface area (Å²) in [6, 6.07) is 16.9. The van der Waals surface area contributed by atoms with Gasteiger partial charge in [-0.25, -0.2) is 4.39 Å². The summed E-state index contributed by atoms with van der Waals surface area (Å²) >= 11 is 7.29. The molecule has 1 N–H and O–H groups in total. The van der Waals surface area contributed by atoms with Gasteiger partial charge in [-0.2, -0.15) is 5.10 Å². The average molecular weight is 442 g/mol. The van der Waals surface area contributed by atoms with Crippen LogP contribution in [0.5, 0.6) is 5.75 Å². The lowest BCUT2D eigenvalue weighted by Gasteiger charge is -2.04. The fraction of sp³-hybridized carbons (Fsp3) is 0.0909. The second-order valence-electron chi connectivity index (χ2n) is 6.54. The third kappa shape index (κ3) is 5.25. The van der Waals surface area contributed by atoms with E-state index in [1.54, 1.807) is 47.3 Å². The molecule has 0 aliphatic carbocycles. The third-order valence-electron chi connectivity index (χ3n) is 4.22. The van der Waals surface area contributed by atoms with Crippen LogP contribution < -0.4 is 10.1 Å². The van der Waals surface area contributed by atoms with E-state index in [1.807, 2.05) is 17.5 Å². The van der Waals surface area contributed by atoms with Crippen molar-refractivity contribution < 1.29 is 13.9 Å². The Labute approximate surface area is 181 Å². The van der Waals surface area contributed by atoms with Crippen molar-refractivity contribution in [3.8, 4) is 5.75 Å². The van der Waals surface area contributed by atoms with Crippen molar-refractivity contribution in [2.75, 3.05) is 5.32 Å². The molecule has 1 amide bonds. The Morgan fingerprint density at radius 1 is 1.13 bits per heavy atom. The van der Waals surface area contributed by atoms with E-state index >= 15 is 0 Å². The van der Waals surface area contributed by atoms with Crippen LogP contribution in [0, 0.1) is 5.82 Å². The number of amides is 1. The maximum absolute atomic E-state index is 13.0. The SMILES string of the molecule is O=C(Nc1ccn(Cc2ccc(F)cc2)n1)c1cc(COc2cccc(Cl)c2)cs1. The summed E-state index contributed by atoms with van der Waals surface area (Å²) < 4.78 is 20.4. The maximum atomic E-state index is 13.0. The number of nitrogens with zero attached hydrogens (tertiary/aromatic N) is 2. The molecule has 8 heteroatoms. The van der Waals surface area contributed by atoms with Gasteiger partial charge in [-0.15, -0.1) is 11.3 Å². The Bertz CT molecular complexity index is 1160. The third-order valence-corrected chi connectivity index (χ3v) is 5.43. The first-order valence-electron chi connectivity index (χ1n) is 9.10. The lowest BCUT2D eigenvalue weighted by Crippen LogP contribution is -2.11. The first-order valence-corrected chi connectivity index (χ1v) is 10.4. The molecule has 4 rings (SSSR count). The number of halogens is 2. The Morgan fingerprint density at radius 3 is 2.77 bits per heavy atom. The van der Waals surface area contributed by atoms with Crippen molar-refractivity contribution in [3.63, 3.8) is 0 Å². The van der Waals surface area contributed by atoms with E-state index in [0.717, 1.165) is 11.1 Å². The van der Waals surface area contributed by atoms with Crippen LogP contribution in [-0.4, -0.2) is 15.7 Å². The fourth-order valence-electron chi connectivity index (χ4n) is 2.77. The summed E-state index contributed by atoms with van der Waals surface area (Å²) in [5.74, 6) is 0.611. The zero-order chi connectivity index (χ0) is 20.9. The average Bonchev–Trinajstić information content (AvgIpc) is 3.38. The second-order valence-corrected chi connectivity index (χ2v) is 7.89. The van der Waals surface area contributed by atoms with Gasteiger partial charge in [0, 0.05) is 22.8 Å². The number of anilines is 1. The van der Waals surface area contributed by atoms with Crippen molar-refractivity contribution >= 4 is 34.7 Å². The summed E-state index contributed by atoms with van der Waals surface area (Å²) in [4.78, 5) is 13.1. The molecule has 0 spiro atoms. The largest absolute Gasteiger partial charge is 0.489 e. The normalized spacial score (nSPS) is 10.7. The Kier molecular flexibility index (Phi) is 6.11. The van der Waals surface area contributed by atoms with Gasteiger partial charge in [0.25, 0.3) is 5.91 Å². The van der Waals surface area contributed by atoms with E-state index in [0.29, 0.717) is 34.6 Å². The van der Waals surface area contributed by atoms with E-state index in [2.05, 4.69) is 10.4 Å². The minimum Gasteiger partial charge on any atom is -0.489 e. The molecule has 2 aromatic heterocycles. The van der Waals surface area contributed by atoms with Gasteiger partial charge in [0.05, 0.1) is 11.4 Å². The quantitative estimate of drug-likeness (QED) is 0.405. The van der Waals surface area contributed by atoms with Crippen LogP contribution in [0.1, 0.15) is 20.8 Å². The van der Waals surface area contributed by atoms with Gasteiger partial charge in [-0.05, 0) is 47.3 Å². The molecule has 30 heavy (non-hydrogen) atoms. The van der Waals surface area contributed by atoms with Crippen molar-refractivity contribution in [3.05, 3.63) is 99.1 Å². The van der Waals surface area contributed by atoms with Crippen molar-refractivity contribution in [1.82, 2.24) is 9.78 Å². The standard InChI is InChI=1S/C22H17ClFN3O2S/c23-17-2-1-3-19(11-17)29-13-16-10-20(30-14-16)22(28)25-21-8-9-27(26-21)12-15-4-6-18(24)7-5-15/h1-11,14H,12-13H2,(H,25,26,28). The predicted octanol–water partition coefficient (Wildman–Crippen LogP) is 5.62. The minimum absolute atomic E-state index is 0.235. The predicted molar refractivity (Wildman–Crippen MR) is 116 cm³/mol. The molecule has 0 aliphatic rings. The Morgan fingerprint density at radius 2 is 1.97 bits per heavy atom. The number of carbonyl (C=O) groups excluding carboxylic acids is 1. The molecule has 2 heterocycles. The van der Waals surface area contributed by atoms with Crippen LogP contribution in [0.25, 0.3) is 0 Å². The molecular formula is C22H17ClFN3O2S. The van der Waals surface area contributed by atoms with Crippen LogP contribution in [-0.2, 0) is 13.2 Å². The number of hydrogen-bond donors (Lipinski definition) is 1.